The fourth-order valence-electron chi connectivity index (χ4n) is 2.68. The molecule has 0 radical (unpaired) electrons. The predicted molar refractivity (Wildman–Crippen MR) is 71.6 cm³/mol. The molecule has 1 aromatic rings. The zero-order valence-corrected chi connectivity index (χ0v) is 11.6. The Morgan fingerprint density at radius 3 is 2.39 bits per heavy atom. The second kappa shape index (κ2) is 4.52. The number of rotatable bonds is 2. The van der Waals surface area contributed by atoms with Gasteiger partial charge in [-0.2, -0.15) is 0 Å². The van der Waals surface area contributed by atoms with Gasteiger partial charge >= 0.3 is 0 Å². The quantitative estimate of drug-likeness (QED) is 0.871. The Balaban J connectivity index is 2.26. The summed E-state index contributed by atoms with van der Waals surface area (Å²) >= 11 is 0. The molecule has 0 spiro atoms. The Labute approximate surface area is 109 Å². The predicted octanol–water partition coefficient (Wildman–Crippen LogP) is 1.97. The molecule has 2 rings (SSSR count). The van der Waals surface area contributed by atoms with Crippen molar-refractivity contribution in [2.75, 3.05) is 18.0 Å². The van der Waals surface area contributed by atoms with Crippen molar-refractivity contribution in [1.29, 1.82) is 0 Å². The van der Waals surface area contributed by atoms with E-state index in [1.54, 1.807) is 0 Å². The average Bonchev–Trinajstić information content (AvgIpc) is 2.25. The van der Waals surface area contributed by atoms with Gasteiger partial charge in [-0.3, -0.25) is 0 Å². The molecule has 0 unspecified atom stereocenters. The molecular weight excluding hydrogens is 228 g/mol. The van der Waals surface area contributed by atoms with E-state index in [4.69, 9.17) is 9.84 Å². The summed E-state index contributed by atoms with van der Waals surface area (Å²) in [5.41, 5.74) is 0.312. The molecule has 1 fully saturated rings. The lowest BCUT2D eigenvalue weighted by molar-refractivity contribution is -0.133. The van der Waals surface area contributed by atoms with Gasteiger partial charge in [-0.25, -0.2) is 4.98 Å². The second-order valence-corrected chi connectivity index (χ2v) is 6.12. The largest absolute Gasteiger partial charge is 0.390 e. The lowest BCUT2D eigenvalue weighted by Crippen LogP contribution is -2.57. The van der Waals surface area contributed by atoms with E-state index in [0.29, 0.717) is 5.69 Å². The van der Waals surface area contributed by atoms with Crippen LogP contribution < -0.4 is 4.90 Å². The van der Waals surface area contributed by atoms with Gasteiger partial charge in [-0.1, -0.05) is 6.07 Å². The average molecular weight is 250 g/mol. The van der Waals surface area contributed by atoms with E-state index in [9.17, 15) is 0 Å². The maximum Gasteiger partial charge on any atom is 0.129 e. The van der Waals surface area contributed by atoms with Gasteiger partial charge in [-0.05, 0) is 39.8 Å². The topological polar surface area (TPSA) is 45.6 Å². The lowest BCUT2D eigenvalue weighted by Gasteiger charge is -2.47. The van der Waals surface area contributed by atoms with E-state index in [1.807, 2.05) is 18.2 Å². The van der Waals surface area contributed by atoms with Gasteiger partial charge in [0.25, 0.3) is 0 Å². The van der Waals surface area contributed by atoms with Crippen LogP contribution in [0.3, 0.4) is 0 Å². The smallest absolute Gasteiger partial charge is 0.129 e. The number of nitrogens with zero attached hydrogens (tertiary/aromatic N) is 2. The van der Waals surface area contributed by atoms with E-state index in [2.05, 4.69) is 37.6 Å². The summed E-state index contributed by atoms with van der Waals surface area (Å²) in [6.07, 6.45) is 0. The maximum absolute atomic E-state index is 9.16. The summed E-state index contributed by atoms with van der Waals surface area (Å²) in [7, 11) is 0. The highest BCUT2D eigenvalue weighted by atomic mass is 16.5. The first-order valence-electron chi connectivity index (χ1n) is 6.33. The molecule has 0 bridgehead atoms. The number of anilines is 1. The van der Waals surface area contributed by atoms with Crippen LogP contribution in [-0.4, -0.2) is 34.4 Å². The zero-order valence-electron chi connectivity index (χ0n) is 11.6. The first-order valence-corrected chi connectivity index (χ1v) is 6.33. The van der Waals surface area contributed by atoms with Crippen LogP contribution in [0.4, 0.5) is 5.82 Å². The van der Waals surface area contributed by atoms with Crippen LogP contribution >= 0.6 is 0 Å². The lowest BCUT2D eigenvalue weighted by atomic mass is 9.99. The van der Waals surface area contributed by atoms with Crippen LogP contribution in [0.2, 0.25) is 0 Å². The molecule has 0 atom stereocenters. The molecule has 0 saturated carbocycles. The summed E-state index contributed by atoms with van der Waals surface area (Å²) in [6.45, 7) is 9.96. The van der Waals surface area contributed by atoms with Crippen molar-refractivity contribution in [3.05, 3.63) is 23.9 Å². The minimum Gasteiger partial charge on any atom is -0.390 e. The Morgan fingerprint density at radius 1 is 1.22 bits per heavy atom. The number of pyridine rings is 1. The molecule has 1 aliphatic heterocycles. The number of aliphatic hydroxyl groups excluding tert-OH is 1. The molecule has 0 amide bonds. The van der Waals surface area contributed by atoms with Gasteiger partial charge in [0, 0.05) is 13.1 Å². The van der Waals surface area contributed by atoms with Crippen LogP contribution in [0, 0.1) is 0 Å². The van der Waals surface area contributed by atoms with Crippen LogP contribution in [-0.2, 0) is 11.3 Å². The highest BCUT2D eigenvalue weighted by Crippen LogP contribution is 2.30. The maximum atomic E-state index is 9.16. The summed E-state index contributed by atoms with van der Waals surface area (Å²) in [6, 6.07) is 5.75. The van der Waals surface area contributed by atoms with Crippen molar-refractivity contribution in [1.82, 2.24) is 4.98 Å². The summed E-state index contributed by atoms with van der Waals surface area (Å²) in [5, 5.41) is 9.16. The van der Waals surface area contributed by atoms with Crippen molar-refractivity contribution >= 4 is 5.82 Å². The molecule has 100 valence electrons. The van der Waals surface area contributed by atoms with Crippen molar-refractivity contribution in [3.8, 4) is 0 Å². The minimum absolute atomic E-state index is 0.0229. The molecule has 0 aromatic carbocycles. The highest BCUT2D eigenvalue weighted by Gasteiger charge is 2.38. The summed E-state index contributed by atoms with van der Waals surface area (Å²) in [5.74, 6) is 0.908. The van der Waals surface area contributed by atoms with Gasteiger partial charge in [0.1, 0.15) is 5.82 Å². The Kier molecular flexibility index (Phi) is 3.34. The molecule has 4 heteroatoms. The number of aliphatic hydroxyl groups is 1. The van der Waals surface area contributed by atoms with Gasteiger partial charge in [0.05, 0.1) is 23.5 Å². The van der Waals surface area contributed by atoms with Crippen molar-refractivity contribution in [3.63, 3.8) is 0 Å². The van der Waals surface area contributed by atoms with Crippen molar-refractivity contribution in [2.24, 2.45) is 0 Å². The van der Waals surface area contributed by atoms with E-state index < -0.39 is 0 Å². The SMILES string of the molecule is CC1(C)CN(c2cccc(CO)n2)CC(C)(C)O1. The fourth-order valence-corrected chi connectivity index (χ4v) is 2.68. The third-order valence-electron chi connectivity index (χ3n) is 2.97. The van der Waals surface area contributed by atoms with Crippen LogP contribution in [0.1, 0.15) is 33.4 Å². The summed E-state index contributed by atoms with van der Waals surface area (Å²) < 4.78 is 6.05. The highest BCUT2D eigenvalue weighted by molar-refractivity contribution is 5.41. The van der Waals surface area contributed by atoms with Crippen LogP contribution in [0.5, 0.6) is 0 Å². The normalized spacial score (nSPS) is 21.9. The number of hydrogen-bond acceptors (Lipinski definition) is 4. The minimum atomic E-state index is -0.196. The van der Waals surface area contributed by atoms with E-state index >= 15 is 0 Å². The van der Waals surface area contributed by atoms with Crippen molar-refractivity contribution < 1.29 is 9.84 Å². The standard InChI is InChI=1S/C14H22N2O2/c1-13(2)9-16(10-14(3,4)18-13)12-7-5-6-11(8-17)15-12/h5-7,17H,8-10H2,1-4H3. The zero-order chi connectivity index (χ0) is 13.4. The molecule has 0 aliphatic carbocycles. The Morgan fingerprint density at radius 2 is 1.83 bits per heavy atom. The summed E-state index contributed by atoms with van der Waals surface area (Å²) in [4.78, 5) is 6.69. The first-order chi connectivity index (χ1) is 8.31. The van der Waals surface area contributed by atoms with Gasteiger partial charge in [0.15, 0.2) is 0 Å². The van der Waals surface area contributed by atoms with Crippen LogP contribution in [0.15, 0.2) is 18.2 Å². The number of morpholine rings is 1. The fraction of sp³-hybridized carbons (Fsp3) is 0.643. The van der Waals surface area contributed by atoms with Gasteiger partial charge in [-0.15, -0.1) is 0 Å². The number of hydrogen-bond donors (Lipinski definition) is 1. The molecule has 2 heterocycles. The monoisotopic (exact) mass is 250 g/mol. The van der Waals surface area contributed by atoms with Crippen molar-refractivity contribution in [2.45, 2.75) is 45.5 Å². The molecular formula is C14H22N2O2. The van der Waals surface area contributed by atoms with Gasteiger partial charge in [0.2, 0.25) is 0 Å². The Bertz CT molecular complexity index is 414. The van der Waals surface area contributed by atoms with E-state index in [0.717, 1.165) is 18.9 Å². The Hall–Kier alpha value is -1.13. The van der Waals surface area contributed by atoms with Gasteiger partial charge < -0.3 is 14.7 Å². The molecule has 18 heavy (non-hydrogen) atoms. The van der Waals surface area contributed by atoms with E-state index in [1.165, 1.54) is 0 Å². The van der Waals surface area contributed by atoms with E-state index in [-0.39, 0.29) is 17.8 Å². The number of aromatic nitrogens is 1. The molecule has 1 aliphatic rings. The number of ether oxygens (including phenoxy) is 1. The third-order valence-corrected chi connectivity index (χ3v) is 2.97. The molecule has 1 N–H and O–H groups in total. The second-order valence-electron chi connectivity index (χ2n) is 6.12. The molecule has 4 nitrogen and oxygen atoms in total. The third kappa shape index (κ3) is 3.00. The molecule has 1 aromatic heterocycles. The van der Waals surface area contributed by atoms with Crippen LogP contribution in [0.25, 0.3) is 0 Å². The first kappa shape index (κ1) is 13.3. The molecule has 1 saturated heterocycles.